The number of nitrogens with zero attached hydrogens (tertiary/aromatic N) is 3. The minimum Gasteiger partial charge on any atom is -0.339 e. The van der Waals surface area contributed by atoms with E-state index in [0.717, 1.165) is 6.07 Å². The van der Waals surface area contributed by atoms with Crippen molar-refractivity contribution in [1.29, 1.82) is 0 Å². The second kappa shape index (κ2) is 8.96. The van der Waals surface area contributed by atoms with Gasteiger partial charge in [0.25, 0.3) is 23.4 Å². The van der Waals surface area contributed by atoms with Crippen LogP contribution < -0.4 is 5.32 Å². The van der Waals surface area contributed by atoms with Crippen LogP contribution in [0.4, 0.5) is 11.4 Å². The number of carbonyl (C=O) groups excluding carboxylic acids is 4. The molecular formula is C22H22N4O6. The summed E-state index contributed by atoms with van der Waals surface area (Å²) in [7, 11) is 0. The topological polar surface area (TPSA) is 130 Å². The van der Waals surface area contributed by atoms with Crippen molar-refractivity contribution in [2.45, 2.75) is 26.8 Å². The molecule has 0 radical (unpaired) electrons. The highest BCUT2D eigenvalue weighted by atomic mass is 16.6. The van der Waals surface area contributed by atoms with Crippen LogP contribution in [0.1, 0.15) is 51.8 Å². The number of hydrogen-bond donors (Lipinski definition) is 1. The Morgan fingerprint density at radius 3 is 2.38 bits per heavy atom. The Morgan fingerprint density at radius 1 is 1.09 bits per heavy atom. The van der Waals surface area contributed by atoms with E-state index in [1.54, 1.807) is 23.1 Å². The molecule has 166 valence electrons. The van der Waals surface area contributed by atoms with Gasteiger partial charge in [-0.15, -0.1) is 0 Å². The van der Waals surface area contributed by atoms with Gasteiger partial charge in [0, 0.05) is 30.4 Å². The number of benzene rings is 2. The molecule has 0 fully saturated rings. The van der Waals surface area contributed by atoms with Crippen molar-refractivity contribution in [3.63, 3.8) is 0 Å². The number of nitro groups is 1. The van der Waals surface area contributed by atoms with Gasteiger partial charge in [-0.2, -0.15) is 0 Å². The molecule has 32 heavy (non-hydrogen) atoms. The van der Waals surface area contributed by atoms with Crippen molar-refractivity contribution < 1.29 is 24.1 Å². The number of fused-ring (bicyclic) bond motifs is 1. The lowest BCUT2D eigenvalue weighted by Crippen LogP contribution is -2.45. The van der Waals surface area contributed by atoms with Gasteiger partial charge >= 0.3 is 0 Å². The molecule has 1 atom stereocenters. The average Bonchev–Trinajstić information content (AvgIpc) is 3.04. The summed E-state index contributed by atoms with van der Waals surface area (Å²) in [6.45, 7) is 6.15. The van der Waals surface area contributed by atoms with Crippen LogP contribution in [0.5, 0.6) is 0 Å². The Hall–Kier alpha value is -4.08. The maximum atomic E-state index is 12.8. The maximum Gasteiger partial charge on any atom is 0.282 e. The van der Waals surface area contributed by atoms with Gasteiger partial charge < -0.3 is 10.2 Å². The first-order valence-corrected chi connectivity index (χ1v) is 10.1. The molecule has 0 aliphatic carbocycles. The fourth-order valence-electron chi connectivity index (χ4n) is 3.58. The van der Waals surface area contributed by atoms with E-state index < -0.39 is 34.4 Å². The van der Waals surface area contributed by atoms with Crippen LogP contribution in [0.15, 0.2) is 42.5 Å². The summed E-state index contributed by atoms with van der Waals surface area (Å²) in [4.78, 5) is 63.7. The molecular weight excluding hydrogens is 416 g/mol. The number of imide groups is 1. The monoisotopic (exact) mass is 438 g/mol. The molecule has 1 aliphatic heterocycles. The van der Waals surface area contributed by atoms with E-state index in [9.17, 15) is 29.3 Å². The molecule has 0 saturated heterocycles. The minimum absolute atomic E-state index is 0.115. The molecule has 4 amide bonds. The van der Waals surface area contributed by atoms with Crippen molar-refractivity contribution in [2.24, 2.45) is 0 Å². The first-order chi connectivity index (χ1) is 15.2. The van der Waals surface area contributed by atoms with Crippen molar-refractivity contribution in [3.05, 3.63) is 69.3 Å². The fraction of sp³-hybridized carbons (Fsp3) is 0.273. The third-order valence-electron chi connectivity index (χ3n) is 5.32. The highest BCUT2D eigenvalue weighted by Crippen LogP contribution is 2.32. The molecule has 0 spiro atoms. The predicted molar refractivity (Wildman–Crippen MR) is 115 cm³/mol. The molecule has 10 nitrogen and oxygen atoms in total. The lowest BCUT2D eigenvalue weighted by molar-refractivity contribution is -0.385. The van der Waals surface area contributed by atoms with Gasteiger partial charge in [0.2, 0.25) is 5.91 Å². The zero-order chi connectivity index (χ0) is 23.6. The van der Waals surface area contributed by atoms with Gasteiger partial charge in [-0.25, -0.2) is 0 Å². The Balaban J connectivity index is 1.81. The van der Waals surface area contributed by atoms with Crippen LogP contribution in [0.3, 0.4) is 0 Å². The highest BCUT2D eigenvalue weighted by Gasteiger charge is 2.44. The SMILES string of the molecule is CCN(CC)C(=O)c1cccc(NC(=O)C(C)N2C(=O)c3cccc([N+](=O)[O-])c3C2=O)c1. The van der Waals surface area contributed by atoms with Crippen LogP contribution in [0.2, 0.25) is 0 Å². The highest BCUT2D eigenvalue weighted by molar-refractivity contribution is 6.24. The van der Waals surface area contributed by atoms with Gasteiger partial charge in [0.1, 0.15) is 11.6 Å². The van der Waals surface area contributed by atoms with Gasteiger partial charge in [-0.05, 0) is 45.0 Å². The number of nitro benzene ring substituents is 1. The first kappa shape index (κ1) is 22.6. The summed E-state index contributed by atoms with van der Waals surface area (Å²) in [6.07, 6.45) is 0. The van der Waals surface area contributed by atoms with E-state index in [0.29, 0.717) is 29.2 Å². The Morgan fingerprint density at radius 2 is 1.75 bits per heavy atom. The largest absolute Gasteiger partial charge is 0.339 e. The van der Waals surface area contributed by atoms with Gasteiger partial charge in [0.15, 0.2) is 0 Å². The van der Waals surface area contributed by atoms with Gasteiger partial charge in [-0.1, -0.05) is 12.1 Å². The first-order valence-electron chi connectivity index (χ1n) is 10.1. The Labute approximate surface area is 184 Å². The summed E-state index contributed by atoms with van der Waals surface area (Å²) in [6, 6.07) is 8.87. The number of anilines is 1. The molecule has 0 aromatic heterocycles. The van der Waals surface area contributed by atoms with Crippen molar-refractivity contribution in [1.82, 2.24) is 9.80 Å². The molecule has 0 saturated carbocycles. The van der Waals surface area contributed by atoms with Crippen molar-refractivity contribution in [3.8, 4) is 0 Å². The Kier molecular flexibility index (Phi) is 6.33. The fourth-order valence-corrected chi connectivity index (χ4v) is 3.58. The number of nitrogens with one attached hydrogen (secondary N) is 1. The summed E-state index contributed by atoms with van der Waals surface area (Å²) in [5.41, 5.74) is -0.221. The normalized spacial score (nSPS) is 13.5. The predicted octanol–water partition coefficient (Wildman–Crippen LogP) is 2.70. The minimum atomic E-state index is -1.23. The summed E-state index contributed by atoms with van der Waals surface area (Å²) in [5, 5.41) is 13.9. The van der Waals surface area contributed by atoms with E-state index in [-0.39, 0.29) is 17.0 Å². The summed E-state index contributed by atoms with van der Waals surface area (Å²) >= 11 is 0. The standard InChI is InChI=1S/C22H22N4O6/c1-4-24(5-2)20(28)14-8-6-9-15(12-14)23-19(27)13(3)25-21(29)16-10-7-11-17(26(31)32)18(16)22(25)30/h6-13H,4-5H2,1-3H3,(H,23,27). The quantitative estimate of drug-likeness (QED) is 0.402. The molecule has 2 aromatic rings. The second-order valence-electron chi connectivity index (χ2n) is 7.16. The molecule has 1 aliphatic rings. The van der Waals surface area contributed by atoms with Gasteiger partial charge in [-0.3, -0.25) is 34.2 Å². The van der Waals surface area contributed by atoms with Crippen LogP contribution in [-0.2, 0) is 4.79 Å². The number of hydrogen-bond acceptors (Lipinski definition) is 6. The zero-order valence-corrected chi connectivity index (χ0v) is 17.8. The molecule has 10 heteroatoms. The molecule has 1 N–H and O–H groups in total. The number of rotatable bonds is 7. The van der Waals surface area contributed by atoms with E-state index in [1.165, 1.54) is 25.1 Å². The van der Waals surface area contributed by atoms with Crippen molar-refractivity contribution in [2.75, 3.05) is 18.4 Å². The smallest absolute Gasteiger partial charge is 0.282 e. The summed E-state index contributed by atoms with van der Waals surface area (Å²) in [5.74, 6) is -2.53. The summed E-state index contributed by atoms with van der Waals surface area (Å²) < 4.78 is 0. The van der Waals surface area contributed by atoms with Gasteiger partial charge in [0.05, 0.1) is 10.5 Å². The zero-order valence-electron chi connectivity index (χ0n) is 17.8. The Bertz CT molecular complexity index is 1130. The van der Waals surface area contributed by atoms with Crippen LogP contribution >= 0.6 is 0 Å². The van der Waals surface area contributed by atoms with E-state index >= 15 is 0 Å². The molecule has 1 heterocycles. The van der Waals surface area contributed by atoms with E-state index in [1.807, 2.05) is 13.8 Å². The number of amides is 4. The molecule has 1 unspecified atom stereocenters. The molecule has 0 bridgehead atoms. The molecule has 2 aromatic carbocycles. The lowest BCUT2D eigenvalue weighted by atomic mass is 10.1. The van der Waals surface area contributed by atoms with Crippen LogP contribution in [0, 0.1) is 10.1 Å². The second-order valence-corrected chi connectivity index (χ2v) is 7.16. The lowest BCUT2D eigenvalue weighted by Gasteiger charge is -2.22. The third kappa shape index (κ3) is 3.94. The van der Waals surface area contributed by atoms with Crippen LogP contribution in [-0.4, -0.2) is 57.5 Å². The van der Waals surface area contributed by atoms with E-state index in [4.69, 9.17) is 0 Å². The van der Waals surface area contributed by atoms with Crippen molar-refractivity contribution >= 4 is 35.0 Å². The third-order valence-corrected chi connectivity index (χ3v) is 5.32. The maximum absolute atomic E-state index is 12.8. The van der Waals surface area contributed by atoms with E-state index in [2.05, 4.69) is 5.32 Å². The molecule has 3 rings (SSSR count). The van der Waals surface area contributed by atoms with Crippen LogP contribution in [0.25, 0.3) is 0 Å². The number of carbonyl (C=O) groups is 4. The average molecular weight is 438 g/mol.